The zero-order chi connectivity index (χ0) is 21.4. The number of hydrogen-bond acceptors (Lipinski definition) is 6. The Hall–Kier alpha value is -3.14. The normalized spacial score (nSPS) is 11.8. The van der Waals surface area contributed by atoms with Crippen LogP contribution in [0.1, 0.15) is 5.56 Å². The number of anilines is 1. The van der Waals surface area contributed by atoms with Crippen LogP contribution in [-0.4, -0.2) is 57.6 Å². The summed E-state index contributed by atoms with van der Waals surface area (Å²) in [6.07, 6.45) is 1.01. The average molecular weight is 420 g/mol. The predicted molar refractivity (Wildman–Crippen MR) is 114 cm³/mol. The lowest BCUT2D eigenvalue weighted by Crippen LogP contribution is -2.40. The van der Waals surface area contributed by atoms with Crippen LogP contribution >= 0.6 is 0 Å². The highest BCUT2D eigenvalue weighted by Gasteiger charge is 2.18. The largest absolute Gasteiger partial charge is 0.378 e. The van der Waals surface area contributed by atoms with Gasteiger partial charge in [0.05, 0.1) is 9.82 Å². The zero-order valence-corrected chi connectivity index (χ0v) is 17.4. The second-order valence-electron chi connectivity index (χ2n) is 6.45. The van der Waals surface area contributed by atoms with Crippen LogP contribution in [0.5, 0.6) is 0 Å². The lowest BCUT2D eigenvalue weighted by molar-refractivity contribution is -0.384. The number of hydrogen-bond donors (Lipinski definition) is 2. The van der Waals surface area contributed by atoms with Gasteiger partial charge >= 0.3 is 0 Å². The first-order valence-electron chi connectivity index (χ1n) is 8.90. The summed E-state index contributed by atoms with van der Waals surface area (Å²) >= 11 is 0. The third kappa shape index (κ3) is 6.46. The molecule has 0 aliphatic rings. The highest BCUT2D eigenvalue weighted by Crippen LogP contribution is 2.27. The summed E-state index contributed by atoms with van der Waals surface area (Å²) in [5, 5.41) is 17.4. The molecule has 0 saturated heterocycles. The number of sulfone groups is 1. The maximum absolute atomic E-state index is 11.6. The van der Waals surface area contributed by atoms with Crippen molar-refractivity contribution in [1.82, 2.24) is 10.2 Å². The molecule has 9 nitrogen and oxygen atoms in total. The molecule has 29 heavy (non-hydrogen) atoms. The molecule has 10 heteroatoms. The van der Waals surface area contributed by atoms with Crippen molar-refractivity contribution >= 4 is 27.2 Å². The zero-order valence-electron chi connectivity index (χ0n) is 16.6. The lowest BCUT2D eigenvalue weighted by atomic mass is 10.2. The maximum atomic E-state index is 11.6. The molecular weight excluding hydrogens is 394 g/mol. The van der Waals surface area contributed by atoms with Crippen LogP contribution in [0.4, 0.5) is 11.4 Å². The summed E-state index contributed by atoms with van der Waals surface area (Å²) in [4.78, 5) is 16.8. The van der Waals surface area contributed by atoms with Crippen LogP contribution in [-0.2, 0) is 16.4 Å². The molecule has 0 aromatic heterocycles. The second kappa shape index (κ2) is 9.87. The van der Waals surface area contributed by atoms with Gasteiger partial charge in [0.25, 0.3) is 5.69 Å². The Kier molecular flexibility index (Phi) is 7.54. The van der Waals surface area contributed by atoms with Gasteiger partial charge in [-0.15, -0.1) is 0 Å². The van der Waals surface area contributed by atoms with E-state index in [1.807, 2.05) is 42.3 Å². The molecule has 0 heterocycles. The molecule has 0 bridgehead atoms. The van der Waals surface area contributed by atoms with E-state index in [2.05, 4.69) is 15.6 Å². The standard InChI is InChI=1S/C19H25N5O4S/c1-20-19(23(2)14-15-7-5-4-6-8-15)22-12-11-21-17-10-9-16(29(3,27)28)13-18(17)24(25)26/h4-10,13,21H,11-12,14H2,1-3H3,(H,20,22). The van der Waals surface area contributed by atoms with E-state index in [-0.39, 0.29) is 16.3 Å². The fourth-order valence-electron chi connectivity index (χ4n) is 2.73. The van der Waals surface area contributed by atoms with Gasteiger partial charge in [0.1, 0.15) is 5.69 Å². The van der Waals surface area contributed by atoms with Crippen LogP contribution in [0.3, 0.4) is 0 Å². The lowest BCUT2D eigenvalue weighted by Gasteiger charge is -2.22. The van der Waals surface area contributed by atoms with Gasteiger partial charge < -0.3 is 15.5 Å². The van der Waals surface area contributed by atoms with Crippen molar-refractivity contribution in [1.29, 1.82) is 0 Å². The molecule has 2 N–H and O–H groups in total. The van der Waals surface area contributed by atoms with Crippen LogP contribution in [0.25, 0.3) is 0 Å². The van der Waals surface area contributed by atoms with Gasteiger partial charge in [-0.05, 0) is 17.7 Å². The van der Waals surface area contributed by atoms with E-state index >= 15 is 0 Å². The molecule has 0 spiro atoms. The van der Waals surface area contributed by atoms with Crippen LogP contribution in [0, 0.1) is 10.1 Å². The van der Waals surface area contributed by atoms with Crippen LogP contribution in [0.15, 0.2) is 58.4 Å². The number of nitrogens with one attached hydrogen (secondary N) is 2. The van der Waals surface area contributed by atoms with E-state index in [4.69, 9.17) is 0 Å². The molecule has 2 aromatic rings. The first-order chi connectivity index (χ1) is 13.7. The molecule has 0 amide bonds. The summed E-state index contributed by atoms with van der Waals surface area (Å²) in [6.45, 7) is 1.54. The van der Waals surface area contributed by atoms with Gasteiger partial charge in [-0.2, -0.15) is 0 Å². The third-order valence-electron chi connectivity index (χ3n) is 4.15. The number of nitrogens with zero attached hydrogens (tertiary/aromatic N) is 3. The Balaban J connectivity index is 1.94. The topological polar surface area (TPSA) is 117 Å². The van der Waals surface area contributed by atoms with Gasteiger partial charge in [0, 0.05) is 46.1 Å². The first-order valence-corrected chi connectivity index (χ1v) is 10.8. The summed E-state index contributed by atoms with van der Waals surface area (Å²) < 4.78 is 23.2. The quantitative estimate of drug-likeness (QED) is 0.221. The average Bonchev–Trinajstić information content (AvgIpc) is 2.67. The van der Waals surface area contributed by atoms with Gasteiger partial charge in [0.2, 0.25) is 0 Å². The molecule has 156 valence electrons. The van der Waals surface area contributed by atoms with Crippen molar-refractivity contribution in [3.8, 4) is 0 Å². The van der Waals surface area contributed by atoms with Crippen molar-refractivity contribution in [2.75, 3.05) is 38.8 Å². The summed E-state index contributed by atoms with van der Waals surface area (Å²) in [7, 11) is 0.0910. The third-order valence-corrected chi connectivity index (χ3v) is 5.26. The van der Waals surface area contributed by atoms with E-state index in [1.165, 1.54) is 12.1 Å². The highest BCUT2D eigenvalue weighted by molar-refractivity contribution is 7.90. The first kappa shape index (κ1) is 22.2. The summed E-state index contributed by atoms with van der Waals surface area (Å²) in [6, 6.07) is 13.8. The number of rotatable bonds is 8. The Bertz CT molecular complexity index is 977. The van der Waals surface area contributed by atoms with Crippen molar-refractivity contribution in [2.45, 2.75) is 11.4 Å². The van der Waals surface area contributed by atoms with Crippen molar-refractivity contribution in [3.05, 3.63) is 64.2 Å². The minimum atomic E-state index is -3.52. The van der Waals surface area contributed by atoms with Crippen molar-refractivity contribution < 1.29 is 13.3 Å². The van der Waals surface area contributed by atoms with Crippen LogP contribution < -0.4 is 10.6 Å². The maximum Gasteiger partial charge on any atom is 0.293 e. The summed E-state index contributed by atoms with van der Waals surface area (Å²) in [5.74, 6) is 0.692. The van der Waals surface area contributed by atoms with Gasteiger partial charge in [-0.3, -0.25) is 15.1 Å². The number of nitro groups is 1. The van der Waals surface area contributed by atoms with Crippen molar-refractivity contribution in [2.24, 2.45) is 4.99 Å². The molecule has 0 aliphatic heterocycles. The predicted octanol–water partition coefficient (Wildman–Crippen LogP) is 2.12. The molecular formula is C19H25N5O4S. The minimum absolute atomic E-state index is 0.0872. The monoisotopic (exact) mass is 419 g/mol. The Morgan fingerprint density at radius 3 is 2.45 bits per heavy atom. The second-order valence-corrected chi connectivity index (χ2v) is 8.47. The van der Waals surface area contributed by atoms with E-state index in [9.17, 15) is 18.5 Å². The van der Waals surface area contributed by atoms with E-state index in [0.29, 0.717) is 25.6 Å². The minimum Gasteiger partial charge on any atom is -0.378 e. The summed E-state index contributed by atoms with van der Waals surface area (Å²) in [5.41, 5.74) is 1.13. The molecule has 0 aliphatic carbocycles. The Labute approximate surface area is 170 Å². The molecule has 0 unspecified atom stereocenters. The van der Waals surface area contributed by atoms with Crippen molar-refractivity contribution in [3.63, 3.8) is 0 Å². The van der Waals surface area contributed by atoms with E-state index < -0.39 is 14.8 Å². The van der Waals surface area contributed by atoms with Gasteiger partial charge in [0.15, 0.2) is 15.8 Å². The van der Waals surface area contributed by atoms with E-state index in [0.717, 1.165) is 17.9 Å². The number of aliphatic imine (C=N–C) groups is 1. The molecule has 0 atom stereocenters. The van der Waals surface area contributed by atoms with Gasteiger partial charge in [-0.25, -0.2) is 8.42 Å². The highest BCUT2D eigenvalue weighted by atomic mass is 32.2. The molecule has 2 aromatic carbocycles. The molecule has 2 rings (SSSR count). The fourth-order valence-corrected chi connectivity index (χ4v) is 3.37. The molecule has 0 fully saturated rings. The smallest absolute Gasteiger partial charge is 0.293 e. The Morgan fingerprint density at radius 2 is 1.86 bits per heavy atom. The molecule has 0 saturated carbocycles. The fraction of sp³-hybridized carbons (Fsp3) is 0.316. The SMILES string of the molecule is CN=C(NCCNc1ccc(S(C)(=O)=O)cc1[N+](=O)[O-])N(C)Cc1ccccc1. The number of guanidine groups is 1. The van der Waals surface area contributed by atoms with Gasteiger partial charge in [-0.1, -0.05) is 30.3 Å². The number of nitro benzene ring substituents is 1. The van der Waals surface area contributed by atoms with E-state index in [1.54, 1.807) is 7.05 Å². The van der Waals surface area contributed by atoms with Crippen LogP contribution in [0.2, 0.25) is 0 Å². The molecule has 0 radical (unpaired) electrons. The number of benzene rings is 2. The Morgan fingerprint density at radius 1 is 1.17 bits per heavy atom.